The van der Waals surface area contributed by atoms with Crippen LogP contribution in [0.5, 0.6) is 0 Å². The van der Waals surface area contributed by atoms with Gasteiger partial charge in [0.05, 0.1) is 6.04 Å². The highest BCUT2D eigenvalue weighted by Gasteiger charge is 2.30. The van der Waals surface area contributed by atoms with E-state index in [1.54, 1.807) is 4.90 Å². The molecule has 1 N–H and O–H groups in total. The number of hydrogen-bond acceptors (Lipinski definition) is 3. The Morgan fingerprint density at radius 1 is 1.33 bits per heavy atom. The summed E-state index contributed by atoms with van der Waals surface area (Å²) < 4.78 is 5.04. The smallest absolute Gasteiger partial charge is 0.414 e. The highest BCUT2D eigenvalue weighted by molar-refractivity contribution is 5.90. The van der Waals surface area contributed by atoms with Crippen LogP contribution in [0.15, 0.2) is 24.3 Å². The van der Waals surface area contributed by atoms with Gasteiger partial charge in [0.2, 0.25) is 0 Å². The zero-order chi connectivity index (χ0) is 12.5. The van der Waals surface area contributed by atoms with Crippen LogP contribution in [0.2, 0.25) is 0 Å². The summed E-state index contributed by atoms with van der Waals surface area (Å²) in [6.07, 6.45) is 0.958. The number of amides is 1. The standard InChI is InChI=1S/C14H18N2O2/c1-10-9-18-14(17)16(10)13-4-2-11(3-5-13)12-6-7-15-8-12/h2-5,10,12,15H,6-9H2,1H3. The van der Waals surface area contributed by atoms with E-state index in [0.717, 1.165) is 18.8 Å². The van der Waals surface area contributed by atoms with Gasteiger partial charge in [0.1, 0.15) is 6.61 Å². The lowest BCUT2D eigenvalue weighted by atomic mass is 9.98. The molecule has 4 nitrogen and oxygen atoms in total. The SMILES string of the molecule is CC1COC(=O)N1c1ccc(C2CCNC2)cc1. The van der Waals surface area contributed by atoms with Gasteiger partial charge >= 0.3 is 6.09 Å². The molecule has 2 aliphatic rings. The summed E-state index contributed by atoms with van der Waals surface area (Å²) >= 11 is 0. The molecule has 0 saturated carbocycles. The van der Waals surface area contributed by atoms with Crippen molar-refractivity contribution in [2.45, 2.75) is 25.3 Å². The van der Waals surface area contributed by atoms with E-state index >= 15 is 0 Å². The Morgan fingerprint density at radius 2 is 2.11 bits per heavy atom. The lowest BCUT2D eigenvalue weighted by Gasteiger charge is -2.19. The molecule has 0 aromatic heterocycles. The molecule has 3 rings (SSSR count). The lowest BCUT2D eigenvalue weighted by Crippen LogP contribution is -2.30. The molecule has 1 aromatic carbocycles. The Bertz CT molecular complexity index is 438. The Kier molecular flexibility index (Phi) is 2.96. The second kappa shape index (κ2) is 4.61. The predicted molar refractivity (Wildman–Crippen MR) is 70.0 cm³/mol. The van der Waals surface area contributed by atoms with Gasteiger partial charge in [-0.3, -0.25) is 4.90 Å². The normalized spacial score (nSPS) is 27.6. The molecular weight excluding hydrogens is 228 g/mol. The number of cyclic esters (lactones) is 1. The van der Waals surface area contributed by atoms with Gasteiger partial charge in [0.15, 0.2) is 0 Å². The summed E-state index contributed by atoms with van der Waals surface area (Å²) in [5, 5.41) is 3.37. The van der Waals surface area contributed by atoms with Crippen molar-refractivity contribution >= 4 is 11.8 Å². The summed E-state index contributed by atoms with van der Waals surface area (Å²) in [6.45, 7) is 4.64. The zero-order valence-electron chi connectivity index (χ0n) is 10.6. The summed E-state index contributed by atoms with van der Waals surface area (Å²) in [4.78, 5) is 13.3. The number of hydrogen-bond donors (Lipinski definition) is 1. The molecular formula is C14H18N2O2. The topological polar surface area (TPSA) is 41.6 Å². The van der Waals surface area contributed by atoms with Crippen LogP contribution in [-0.4, -0.2) is 31.8 Å². The third-order valence-electron chi connectivity index (χ3n) is 3.79. The van der Waals surface area contributed by atoms with Crippen LogP contribution in [0.25, 0.3) is 0 Å². The Balaban J connectivity index is 1.80. The Hall–Kier alpha value is -1.55. The number of carbonyl (C=O) groups is 1. The number of rotatable bonds is 2. The molecule has 2 fully saturated rings. The van der Waals surface area contributed by atoms with Crippen molar-refractivity contribution < 1.29 is 9.53 Å². The first-order valence-corrected chi connectivity index (χ1v) is 6.52. The second-order valence-corrected chi connectivity index (χ2v) is 5.08. The maximum Gasteiger partial charge on any atom is 0.414 e. The molecule has 2 heterocycles. The van der Waals surface area contributed by atoms with Crippen LogP contribution in [0.3, 0.4) is 0 Å². The van der Waals surface area contributed by atoms with Gasteiger partial charge in [-0.15, -0.1) is 0 Å². The van der Waals surface area contributed by atoms with E-state index in [-0.39, 0.29) is 12.1 Å². The monoisotopic (exact) mass is 246 g/mol. The molecule has 96 valence electrons. The summed E-state index contributed by atoms with van der Waals surface area (Å²) in [5.41, 5.74) is 2.28. The minimum absolute atomic E-state index is 0.122. The molecule has 0 spiro atoms. The van der Waals surface area contributed by atoms with E-state index < -0.39 is 0 Å². The maximum atomic E-state index is 11.6. The molecule has 2 unspecified atom stereocenters. The van der Waals surface area contributed by atoms with Gasteiger partial charge in [-0.2, -0.15) is 0 Å². The highest BCUT2D eigenvalue weighted by atomic mass is 16.6. The van der Waals surface area contributed by atoms with Crippen LogP contribution in [0.4, 0.5) is 10.5 Å². The number of benzene rings is 1. The van der Waals surface area contributed by atoms with E-state index in [2.05, 4.69) is 17.4 Å². The van der Waals surface area contributed by atoms with Gasteiger partial charge in [0.25, 0.3) is 0 Å². The maximum absolute atomic E-state index is 11.6. The third kappa shape index (κ3) is 1.97. The molecule has 0 bridgehead atoms. The third-order valence-corrected chi connectivity index (χ3v) is 3.79. The van der Waals surface area contributed by atoms with Crippen molar-refractivity contribution in [1.29, 1.82) is 0 Å². The molecule has 1 amide bonds. The first-order valence-electron chi connectivity index (χ1n) is 6.52. The zero-order valence-corrected chi connectivity index (χ0v) is 10.6. The molecule has 4 heteroatoms. The number of ether oxygens (including phenoxy) is 1. The molecule has 2 aliphatic heterocycles. The van der Waals surface area contributed by atoms with Crippen molar-refractivity contribution in [2.24, 2.45) is 0 Å². The highest BCUT2D eigenvalue weighted by Crippen LogP contribution is 2.27. The molecule has 2 atom stereocenters. The first-order chi connectivity index (χ1) is 8.75. The van der Waals surface area contributed by atoms with E-state index in [4.69, 9.17) is 4.74 Å². The number of nitrogens with one attached hydrogen (secondary N) is 1. The van der Waals surface area contributed by atoms with Crippen molar-refractivity contribution in [3.8, 4) is 0 Å². The van der Waals surface area contributed by atoms with Crippen LogP contribution in [0, 0.1) is 0 Å². The Labute approximate surface area is 107 Å². The van der Waals surface area contributed by atoms with Crippen LogP contribution in [-0.2, 0) is 4.74 Å². The summed E-state index contributed by atoms with van der Waals surface area (Å²) in [7, 11) is 0. The fraction of sp³-hybridized carbons (Fsp3) is 0.500. The predicted octanol–water partition coefficient (Wildman–Crippen LogP) is 2.11. The Morgan fingerprint density at radius 3 is 2.67 bits per heavy atom. The summed E-state index contributed by atoms with van der Waals surface area (Å²) in [5.74, 6) is 0.613. The number of carbonyl (C=O) groups excluding carboxylic acids is 1. The minimum Gasteiger partial charge on any atom is -0.447 e. The van der Waals surface area contributed by atoms with Gasteiger partial charge in [-0.1, -0.05) is 12.1 Å². The van der Waals surface area contributed by atoms with Gasteiger partial charge in [0, 0.05) is 12.2 Å². The van der Waals surface area contributed by atoms with Crippen LogP contribution >= 0.6 is 0 Å². The molecule has 0 aliphatic carbocycles. The second-order valence-electron chi connectivity index (χ2n) is 5.08. The van der Waals surface area contributed by atoms with Crippen molar-refractivity contribution in [2.75, 3.05) is 24.6 Å². The average molecular weight is 246 g/mol. The van der Waals surface area contributed by atoms with Crippen molar-refractivity contribution in [1.82, 2.24) is 5.32 Å². The molecule has 1 aromatic rings. The average Bonchev–Trinajstić information content (AvgIpc) is 3.01. The van der Waals surface area contributed by atoms with E-state index in [1.807, 2.05) is 19.1 Å². The van der Waals surface area contributed by atoms with E-state index in [1.165, 1.54) is 12.0 Å². The summed E-state index contributed by atoms with van der Waals surface area (Å²) in [6, 6.07) is 8.43. The fourth-order valence-electron chi connectivity index (χ4n) is 2.72. The van der Waals surface area contributed by atoms with Gasteiger partial charge < -0.3 is 10.1 Å². The van der Waals surface area contributed by atoms with Crippen molar-refractivity contribution in [3.05, 3.63) is 29.8 Å². The van der Waals surface area contributed by atoms with Gasteiger partial charge in [-0.25, -0.2) is 4.79 Å². The molecule has 2 saturated heterocycles. The van der Waals surface area contributed by atoms with E-state index in [9.17, 15) is 4.79 Å². The molecule has 18 heavy (non-hydrogen) atoms. The largest absolute Gasteiger partial charge is 0.447 e. The van der Waals surface area contributed by atoms with Crippen LogP contribution in [0.1, 0.15) is 24.8 Å². The van der Waals surface area contributed by atoms with Gasteiger partial charge in [-0.05, 0) is 43.5 Å². The molecule has 0 radical (unpaired) electrons. The van der Waals surface area contributed by atoms with Crippen molar-refractivity contribution in [3.63, 3.8) is 0 Å². The number of anilines is 1. The lowest BCUT2D eigenvalue weighted by molar-refractivity contribution is 0.179. The van der Waals surface area contributed by atoms with Crippen LogP contribution < -0.4 is 10.2 Å². The van der Waals surface area contributed by atoms with E-state index in [0.29, 0.717) is 12.5 Å². The first kappa shape index (κ1) is 11.5. The number of nitrogens with zero attached hydrogens (tertiary/aromatic N) is 1. The quantitative estimate of drug-likeness (QED) is 0.869. The minimum atomic E-state index is -0.238. The fourth-order valence-corrected chi connectivity index (χ4v) is 2.72.